The highest BCUT2D eigenvalue weighted by atomic mass is 32.2. The number of nitrogens with zero attached hydrogens (tertiary/aromatic N) is 1. The van der Waals surface area contributed by atoms with Gasteiger partial charge in [0.2, 0.25) is 0 Å². The van der Waals surface area contributed by atoms with E-state index in [-0.39, 0.29) is 11.4 Å². The van der Waals surface area contributed by atoms with Crippen LogP contribution < -0.4 is 10.7 Å². The molecule has 5 rings (SSSR count). The topological polar surface area (TPSA) is 132 Å². The molecule has 0 saturated carbocycles. The molecule has 3 aromatic carbocycles. The summed E-state index contributed by atoms with van der Waals surface area (Å²) in [6.07, 6.45) is -0.983. The molecule has 40 heavy (non-hydrogen) atoms. The van der Waals surface area contributed by atoms with Gasteiger partial charge in [-0.3, -0.25) is 9.55 Å². The van der Waals surface area contributed by atoms with Gasteiger partial charge < -0.3 is 19.9 Å². The van der Waals surface area contributed by atoms with Crippen LogP contribution in [0.5, 0.6) is 0 Å². The van der Waals surface area contributed by atoms with Crippen molar-refractivity contribution in [2.45, 2.75) is 31.8 Å². The summed E-state index contributed by atoms with van der Waals surface area (Å²) in [4.78, 5) is 4.14. The predicted molar refractivity (Wildman–Crippen MR) is 156 cm³/mol. The highest BCUT2D eigenvalue weighted by Gasteiger charge is 2.23. The molecule has 4 N–H and O–H groups in total. The number of aliphatic hydroxyl groups is 2. The zero-order chi connectivity index (χ0) is 28.6. The van der Waals surface area contributed by atoms with Gasteiger partial charge in [0.15, 0.2) is 0 Å². The number of fused-ring (bicyclic) bond motifs is 2. The van der Waals surface area contributed by atoms with Crippen LogP contribution in [-0.2, 0) is 10.1 Å². The van der Waals surface area contributed by atoms with Crippen LogP contribution in [0.4, 0.5) is 11.4 Å². The van der Waals surface area contributed by atoms with E-state index in [1.165, 1.54) is 11.6 Å². The number of rotatable bonds is 7. The van der Waals surface area contributed by atoms with E-state index < -0.39 is 22.8 Å². The fourth-order valence-corrected chi connectivity index (χ4v) is 5.73. The summed E-state index contributed by atoms with van der Waals surface area (Å²) in [7, 11) is -4.52. The van der Waals surface area contributed by atoms with Crippen LogP contribution in [0.1, 0.15) is 16.7 Å². The number of nitrogens with one attached hydrogen (secondary N) is 1. The molecule has 206 valence electrons. The molecule has 0 fully saturated rings. The van der Waals surface area contributed by atoms with Gasteiger partial charge in [0, 0.05) is 45.6 Å². The third-order valence-electron chi connectivity index (χ3n) is 6.78. The van der Waals surface area contributed by atoms with Crippen LogP contribution in [-0.4, -0.2) is 42.4 Å². The standard InChI is InChI=1S/C31H30N2O6S/c1-18-12-19(2)31(20(3)13-18)33-22-9-11-25-28(15-22)39-27-14-21(32-16-23(35)17-34)8-10-24(27)30(25)26-6-4-5-7-29(26)40(36,37)38/h4-15,23,33-35H,16-17H2,1-3H3,(H,36,37,38)/b32-21+. The predicted octanol–water partition coefficient (Wildman–Crippen LogP) is 5.37. The SMILES string of the molecule is Cc1cc(C)c(Nc2ccc3c(-c4ccccc4S(=O)(=O)O)c4cc/c(=N\CC(O)CO)cc-4oc3c2)c(C)c1. The van der Waals surface area contributed by atoms with Gasteiger partial charge in [0.1, 0.15) is 16.2 Å². The number of anilines is 2. The Hall–Kier alpha value is -4.02. The molecule has 9 heteroatoms. The number of aliphatic hydroxyl groups excluding tert-OH is 2. The van der Waals surface area contributed by atoms with E-state index in [0.29, 0.717) is 38.8 Å². The molecule has 2 aliphatic rings. The van der Waals surface area contributed by atoms with Crippen molar-refractivity contribution in [2.75, 3.05) is 18.5 Å². The van der Waals surface area contributed by atoms with Crippen molar-refractivity contribution in [3.63, 3.8) is 0 Å². The first kappa shape index (κ1) is 27.5. The average molecular weight is 559 g/mol. The fraction of sp³-hybridized carbons (Fsp3) is 0.194. The van der Waals surface area contributed by atoms with Gasteiger partial charge in [0.25, 0.3) is 10.1 Å². The molecule has 1 aliphatic heterocycles. The monoisotopic (exact) mass is 558 g/mol. The van der Waals surface area contributed by atoms with Crippen LogP contribution in [0.15, 0.2) is 87.1 Å². The molecule has 0 bridgehead atoms. The zero-order valence-corrected chi connectivity index (χ0v) is 23.2. The summed E-state index contributed by atoms with van der Waals surface area (Å²) in [5, 5.41) is 23.5. The maximum absolute atomic E-state index is 12.3. The lowest BCUT2D eigenvalue weighted by molar-refractivity contribution is 0.101. The number of benzene rings is 4. The average Bonchev–Trinajstić information content (AvgIpc) is 2.91. The molecular formula is C31H30N2O6S. The molecule has 0 amide bonds. The highest BCUT2D eigenvalue weighted by molar-refractivity contribution is 7.86. The Labute approximate surface area is 232 Å². The fourth-order valence-electron chi connectivity index (χ4n) is 5.03. The molecule has 1 unspecified atom stereocenters. The van der Waals surface area contributed by atoms with E-state index in [4.69, 9.17) is 9.52 Å². The van der Waals surface area contributed by atoms with Gasteiger partial charge in [-0.1, -0.05) is 35.9 Å². The Morgan fingerprint density at radius 2 is 1.65 bits per heavy atom. The van der Waals surface area contributed by atoms with E-state index in [0.717, 1.165) is 22.5 Å². The summed E-state index contributed by atoms with van der Waals surface area (Å²) in [5.74, 6) is 0.437. The van der Waals surface area contributed by atoms with Crippen molar-refractivity contribution in [3.8, 4) is 22.5 Å². The van der Waals surface area contributed by atoms with Crippen molar-refractivity contribution >= 4 is 32.5 Å². The normalized spacial score (nSPS) is 13.2. The van der Waals surface area contributed by atoms with Gasteiger partial charge in [0.05, 0.1) is 24.6 Å². The van der Waals surface area contributed by atoms with E-state index in [9.17, 15) is 18.1 Å². The summed E-state index contributed by atoms with van der Waals surface area (Å²) < 4.78 is 41.0. The summed E-state index contributed by atoms with van der Waals surface area (Å²) >= 11 is 0. The molecule has 0 radical (unpaired) electrons. The van der Waals surface area contributed by atoms with E-state index in [1.54, 1.807) is 36.4 Å². The summed E-state index contributed by atoms with van der Waals surface area (Å²) in [5.41, 5.74) is 7.19. The first-order chi connectivity index (χ1) is 19.0. The molecule has 0 aromatic heterocycles. The van der Waals surface area contributed by atoms with Crippen molar-refractivity contribution in [3.05, 3.63) is 94.8 Å². The van der Waals surface area contributed by atoms with Gasteiger partial charge in [-0.2, -0.15) is 8.42 Å². The van der Waals surface area contributed by atoms with Gasteiger partial charge in [-0.05, 0) is 62.2 Å². The quantitative estimate of drug-likeness (QED) is 0.156. The number of hydrogen-bond donors (Lipinski definition) is 4. The third kappa shape index (κ3) is 5.50. The van der Waals surface area contributed by atoms with E-state index in [1.807, 2.05) is 32.0 Å². The minimum absolute atomic E-state index is 0.0113. The van der Waals surface area contributed by atoms with Crippen LogP contribution in [0.2, 0.25) is 0 Å². The Morgan fingerprint density at radius 1 is 0.925 bits per heavy atom. The van der Waals surface area contributed by atoms with E-state index in [2.05, 4.69) is 29.4 Å². The van der Waals surface area contributed by atoms with Crippen LogP contribution in [0, 0.1) is 20.8 Å². The lowest BCUT2D eigenvalue weighted by Crippen LogP contribution is -2.18. The van der Waals surface area contributed by atoms with Crippen LogP contribution >= 0.6 is 0 Å². The van der Waals surface area contributed by atoms with Gasteiger partial charge in [-0.15, -0.1) is 0 Å². The molecule has 1 atom stereocenters. The molecular weight excluding hydrogens is 528 g/mol. The molecule has 1 heterocycles. The second-order valence-electron chi connectivity index (χ2n) is 9.92. The minimum Gasteiger partial charge on any atom is -0.456 e. The first-order valence-corrected chi connectivity index (χ1v) is 14.2. The lowest BCUT2D eigenvalue weighted by atomic mass is 9.93. The van der Waals surface area contributed by atoms with Gasteiger partial charge >= 0.3 is 0 Å². The highest BCUT2D eigenvalue weighted by Crippen LogP contribution is 2.43. The zero-order valence-electron chi connectivity index (χ0n) is 22.3. The van der Waals surface area contributed by atoms with Crippen LogP contribution in [0.3, 0.4) is 0 Å². The van der Waals surface area contributed by atoms with Crippen LogP contribution in [0.25, 0.3) is 33.4 Å². The lowest BCUT2D eigenvalue weighted by Gasteiger charge is -2.18. The van der Waals surface area contributed by atoms with Crippen molar-refractivity contribution < 1.29 is 27.6 Å². The largest absolute Gasteiger partial charge is 0.456 e. The Kier molecular flexibility index (Phi) is 7.48. The molecule has 0 spiro atoms. The Balaban J connectivity index is 1.76. The van der Waals surface area contributed by atoms with E-state index >= 15 is 0 Å². The summed E-state index contributed by atoms with van der Waals surface area (Å²) in [6.45, 7) is 5.76. The Bertz CT molecular complexity index is 1850. The smallest absolute Gasteiger partial charge is 0.295 e. The molecule has 8 nitrogen and oxygen atoms in total. The molecule has 3 aromatic rings. The maximum atomic E-state index is 12.3. The minimum atomic E-state index is -4.52. The third-order valence-corrected chi connectivity index (χ3v) is 7.69. The summed E-state index contributed by atoms with van der Waals surface area (Å²) in [6, 6.07) is 21.3. The van der Waals surface area contributed by atoms with Crippen molar-refractivity contribution in [2.24, 2.45) is 4.99 Å². The number of aryl methyl sites for hydroxylation is 3. The second kappa shape index (κ2) is 10.9. The van der Waals surface area contributed by atoms with Gasteiger partial charge in [-0.25, -0.2) is 0 Å². The Morgan fingerprint density at radius 3 is 2.35 bits per heavy atom. The first-order valence-electron chi connectivity index (χ1n) is 12.8. The molecule has 1 aliphatic carbocycles. The molecule has 0 saturated heterocycles. The van der Waals surface area contributed by atoms with Crippen molar-refractivity contribution in [1.29, 1.82) is 0 Å². The van der Waals surface area contributed by atoms with Crippen molar-refractivity contribution in [1.82, 2.24) is 0 Å². The number of hydrogen-bond acceptors (Lipinski definition) is 7. The maximum Gasteiger partial charge on any atom is 0.295 e. The second-order valence-corrected chi connectivity index (χ2v) is 11.3.